The van der Waals surface area contributed by atoms with E-state index in [1.807, 2.05) is 32.9 Å². The number of carboxylic acids is 1. The van der Waals surface area contributed by atoms with Crippen LogP contribution < -0.4 is 10.0 Å². The van der Waals surface area contributed by atoms with Crippen molar-refractivity contribution in [2.45, 2.75) is 62.6 Å². The molecule has 0 aromatic heterocycles. The third-order valence-electron chi connectivity index (χ3n) is 5.44. The third kappa shape index (κ3) is 6.96. The van der Waals surface area contributed by atoms with Crippen LogP contribution in [0.2, 0.25) is 0 Å². The maximum atomic E-state index is 12.6. The number of carbonyl (C=O) groups excluding carboxylic acids is 1. The average Bonchev–Trinajstić information content (AvgIpc) is 3.56. The summed E-state index contributed by atoms with van der Waals surface area (Å²) in [7, 11) is -3.63. The van der Waals surface area contributed by atoms with Gasteiger partial charge in [0.1, 0.15) is 0 Å². The summed E-state index contributed by atoms with van der Waals surface area (Å²) in [5.41, 5.74) is 1.96. The van der Waals surface area contributed by atoms with E-state index in [4.69, 9.17) is 9.90 Å². The largest absolute Gasteiger partial charge is 0.490 e. The second-order valence-corrected chi connectivity index (χ2v) is 9.85. The van der Waals surface area contributed by atoms with Crippen molar-refractivity contribution in [2.24, 2.45) is 0 Å². The fourth-order valence-corrected chi connectivity index (χ4v) is 4.08. The number of rotatable bonds is 7. The lowest BCUT2D eigenvalue weighted by molar-refractivity contribution is -0.192. The highest BCUT2D eigenvalue weighted by Crippen LogP contribution is 2.48. The SMILES string of the molecule is CCC(C)NC(=O)C1(c2ccc(NS(=O)(=O)c3ccc(C)cc3)cc2)CC1.O=C(O)C(F)(F)F. The standard InChI is InChI=1S/C21H26N2O3S.C2HF3O2/c1-4-16(3)22-20(24)21(13-14-21)17-7-9-18(10-8-17)23-27(25,26)19-11-5-15(2)6-12-19;3-2(4,5)1(6)7/h5-12,16,23H,4,13-14H2,1-3H3,(H,22,24);(H,6,7). The zero-order chi connectivity index (χ0) is 25.7. The molecule has 186 valence electrons. The highest BCUT2D eigenvalue weighted by Gasteiger charge is 2.51. The van der Waals surface area contributed by atoms with E-state index in [-0.39, 0.29) is 16.8 Å². The smallest absolute Gasteiger partial charge is 0.475 e. The molecule has 0 heterocycles. The fourth-order valence-electron chi connectivity index (χ4n) is 3.02. The van der Waals surface area contributed by atoms with Crippen LogP contribution in [-0.4, -0.2) is 37.6 Å². The summed E-state index contributed by atoms with van der Waals surface area (Å²) in [5.74, 6) is -2.70. The van der Waals surface area contributed by atoms with E-state index in [0.717, 1.165) is 30.4 Å². The predicted octanol–water partition coefficient (Wildman–Crippen LogP) is 4.38. The zero-order valence-electron chi connectivity index (χ0n) is 18.9. The van der Waals surface area contributed by atoms with Gasteiger partial charge in [-0.1, -0.05) is 36.8 Å². The van der Waals surface area contributed by atoms with E-state index < -0.39 is 27.6 Å². The third-order valence-corrected chi connectivity index (χ3v) is 6.84. The minimum absolute atomic E-state index is 0.0600. The molecule has 2 aromatic rings. The lowest BCUT2D eigenvalue weighted by atomic mass is 9.94. The van der Waals surface area contributed by atoms with Gasteiger partial charge in [0, 0.05) is 11.7 Å². The molecule has 7 nitrogen and oxygen atoms in total. The van der Waals surface area contributed by atoms with Gasteiger partial charge in [-0.05, 0) is 62.9 Å². The van der Waals surface area contributed by atoms with Crippen LogP contribution >= 0.6 is 0 Å². The first kappa shape index (κ1) is 27.2. The molecule has 1 unspecified atom stereocenters. The van der Waals surface area contributed by atoms with Crippen LogP contribution in [0.1, 0.15) is 44.2 Å². The Bertz CT molecular complexity index is 1110. The molecule has 0 saturated heterocycles. The van der Waals surface area contributed by atoms with Crippen molar-refractivity contribution in [1.29, 1.82) is 0 Å². The van der Waals surface area contributed by atoms with Crippen molar-refractivity contribution in [3.05, 3.63) is 59.7 Å². The Kier molecular flexibility index (Phi) is 8.35. The summed E-state index contributed by atoms with van der Waals surface area (Å²) < 4.78 is 59.3. The van der Waals surface area contributed by atoms with E-state index in [0.29, 0.717) is 5.69 Å². The minimum Gasteiger partial charge on any atom is -0.475 e. The topological polar surface area (TPSA) is 113 Å². The van der Waals surface area contributed by atoms with Crippen molar-refractivity contribution in [3.63, 3.8) is 0 Å². The number of anilines is 1. The summed E-state index contributed by atoms with van der Waals surface area (Å²) in [5, 5.41) is 10.2. The molecule has 0 radical (unpaired) electrons. The molecule has 1 atom stereocenters. The van der Waals surface area contributed by atoms with Gasteiger partial charge >= 0.3 is 12.1 Å². The van der Waals surface area contributed by atoms with Crippen molar-refractivity contribution < 1.29 is 36.3 Å². The van der Waals surface area contributed by atoms with Gasteiger partial charge in [0.05, 0.1) is 10.3 Å². The number of amides is 1. The quantitative estimate of drug-likeness (QED) is 0.523. The molecule has 11 heteroatoms. The first-order chi connectivity index (χ1) is 15.7. The highest BCUT2D eigenvalue weighted by atomic mass is 32.2. The molecular formula is C23H27F3N2O5S. The number of benzene rings is 2. The van der Waals surface area contributed by atoms with Crippen LogP contribution in [0, 0.1) is 6.92 Å². The number of hydrogen-bond acceptors (Lipinski definition) is 4. The molecule has 2 aromatic carbocycles. The summed E-state index contributed by atoms with van der Waals surface area (Å²) in [4.78, 5) is 21.7. The normalized spacial score (nSPS) is 15.4. The van der Waals surface area contributed by atoms with Crippen LogP contribution in [0.4, 0.5) is 18.9 Å². The molecule has 3 N–H and O–H groups in total. The Labute approximate surface area is 196 Å². The molecule has 1 aliphatic rings. The first-order valence-electron chi connectivity index (χ1n) is 10.5. The number of nitrogens with one attached hydrogen (secondary N) is 2. The van der Waals surface area contributed by atoms with E-state index in [2.05, 4.69) is 10.0 Å². The van der Waals surface area contributed by atoms with Crippen LogP contribution in [0.15, 0.2) is 53.4 Å². The van der Waals surface area contributed by atoms with Gasteiger partial charge in [-0.2, -0.15) is 13.2 Å². The van der Waals surface area contributed by atoms with Crippen LogP contribution in [0.3, 0.4) is 0 Å². The summed E-state index contributed by atoms with van der Waals surface area (Å²) >= 11 is 0. The van der Waals surface area contributed by atoms with E-state index in [1.165, 1.54) is 0 Å². The molecule has 0 bridgehead atoms. The number of halogens is 3. The number of aliphatic carboxylic acids is 1. The molecule has 0 spiro atoms. The van der Waals surface area contributed by atoms with Gasteiger partial charge in [0.15, 0.2) is 0 Å². The Morgan fingerprint density at radius 1 is 1.06 bits per heavy atom. The van der Waals surface area contributed by atoms with Gasteiger partial charge in [0.2, 0.25) is 5.91 Å². The second-order valence-electron chi connectivity index (χ2n) is 8.16. The number of aryl methyl sites for hydroxylation is 1. The van der Waals surface area contributed by atoms with E-state index in [1.54, 1.807) is 36.4 Å². The fraction of sp³-hybridized carbons (Fsp3) is 0.391. The summed E-state index contributed by atoms with van der Waals surface area (Å²) in [6.45, 7) is 5.95. The zero-order valence-corrected chi connectivity index (χ0v) is 19.8. The Morgan fingerprint density at radius 3 is 1.97 bits per heavy atom. The number of sulfonamides is 1. The van der Waals surface area contributed by atoms with Crippen LogP contribution in [0.5, 0.6) is 0 Å². The van der Waals surface area contributed by atoms with Gasteiger partial charge in [0.25, 0.3) is 10.0 Å². The molecule has 0 aliphatic heterocycles. The number of carboxylic acid groups (broad SMARTS) is 1. The van der Waals surface area contributed by atoms with Crippen molar-refractivity contribution in [3.8, 4) is 0 Å². The van der Waals surface area contributed by atoms with Gasteiger partial charge in [-0.3, -0.25) is 9.52 Å². The van der Waals surface area contributed by atoms with Crippen molar-refractivity contribution in [2.75, 3.05) is 4.72 Å². The number of alkyl halides is 3. The lowest BCUT2D eigenvalue weighted by Gasteiger charge is -2.19. The van der Waals surface area contributed by atoms with Gasteiger partial charge in [-0.25, -0.2) is 13.2 Å². The second kappa shape index (κ2) is 10.5. The molecule has 1 amide bonds. The summed E-state index contributed by atoms with van der Waals surface area (Å²) in [6, 6.07) is 14.0. The van der Waals surface area contributed by atoms with E-state index in [9.17, 15) is 26.4 Å². The van der Waals surface area contributed by atoms with Crippen molar-refractivity contribution >= 4 is 27.6 Å². The first-order valence-corrected chi connectivity index (χ1v) is 12.0. The Morgan fingerprint density at radius 2 is 1.56 bits per heavy atom. The minimum atomic E-state index is -5.08. The van der Waals surface area contributed by atoms with Crippen LogP contribution in [0.25, 0.3) is 0 Å². The number of hydrogen-bond donors (Lipinski definition) is 3. The summed E-state index contributed by atoms with van der Waals surface area (Å²) in [6.07, 6.45) is -2.55. The monoisotopic (exact) mass is 500 g/mol. The molecule has 1 aliphatic carbocycles. The Hall–Kier alpha value is -3.08. The maximum Gasteiger partial charge on any atom is 0.490 e. The van der Waals surface area contributed by atoms with Gasteiger partial charge < -0.3 is 10.4 Å². The molecule has 3 rings (SSSR count). The highest BCUT2D eigenvalue weighted by molar-refractivity contribution is 7.92. The Balaban J connectivity index is 0.000000509. The maximum absolute atomic E-state index is 12.6. The predicted molar refractivity (Wildman–Crippen MR) is 121 cm³/mol. The average molecular weight is 501 g/mol. The molecule has 1 fully saturated rings. The lowest BCUT2D eigenvalue weighted by Crippen LogP contribution is -2.39. The molecule has 34 heavy (non-hydrogen) atoms. The van der Waals surface area contributed by atoms with E-state index >= 15 is 0 Å². The number of carbonyl (C=O) groups is 2. The van der Waals surface area contributed by atoms with Crippen LogP contribution in [-0.2, 0) is 25.0 Å². The van der Waals surface area contributed by atoms with Gasteiger partial charge in [-0.15, -0.1) is 0 Å². The molecular weight excluding hydrogens is 473 g/mol. The van der Waals surface area contributed by atoms with Crippen molar-refractivity contribution in [1.82, 2.24) is 5.32 Å². The molecule has 1 saturated carbocycles.